The molecule has 3 aromatic rings. The van der Waals surface area contributed by atoms with Gasteiger partial charge in [-0.3, -0.25) is 9.59 Å². The first-order valence-corrected chi connectivity index (χ1v) is 9.04. The monoisotopic (exact) mass is 390 g/mol. The maximum absolute atomic E-state index is 13.1. The lowest BCUT2D eigenvalue weighted by atomic mass is 9.89. The first kappa shape index (κ1) is 18.6. The number of aromatic nitrogens is 1. The summed E-state index contributed by atoms with van der Waals surface area (Å²) in [5.41, 5.74) is 0.847. The highest BCUT2D eigenvalue weighted by molar-refractivity contribution is 6.21. The molecule has 146 valence electrons. The molecular formula is C22H18N2O5. The minimum Gasteiger partial charge on any atom is -0.359 e. The van der Waals surface area contributed by atoms with E-state index < -0.39 is 23.2 Å². The molecule has 0 aliphatic carbocycles. The van der Waals surface area contributed by atoms with Gasteiger partial charge in [0.2, 0.25) is 0 Å². The fourth-order valence-corrected chi connectivity index (χ4v) is 3.16. The normalized spacial score (nSPS) is 13.6. The maximum atomic E-state index is 13.1. The summed E-state index contributed by atoms with van der Waals surface area (Å²) in [6.45, 7) is 5.59. The summed E-state index contributed by atoms with van der Waals surface area (Å²) < 4.78 is 5.48. The van der Waals surface area contributed by atoms with Crippen molar-refractivity contribution in [1.29, 1.82) is 0 Å². The maximum Gasteiger partial charge on any atom is 0.369 e. The van der Waals surface area contributed by atoms with Crippen LogP contribution in [-0.4, -0.2) is 28.0 Å². The van der Waals surface area contributed by atoms with Gasteiger partial charge in [-0.15, -0.1) is 0 Å². The van der Waals surface area contributed by atoms with E-state index in [0.717, 1.165) is 0 Å². The molecule has 0 saturated carbocycles. The molecule has 0 saturated heterocycles. The average Bonchev–Trinajstić information content (AvgIpc) is 3.25. The Labute approximate surface area is 166 Å². The van der Waals surface area contributed by atoms with Crippen molar-refractivity contribution in [3.63, 3.8) is 0 Å². The van der Waals surface area contributed by atoms with E-state index in [1.165, 1.54) is 12.1 Å². The number of carbonyl (C=O) groups is 3. The fraction of sp³-hybridized carbons (Fsp3) is 0.182. The first-order chi connectivity index (χ1) is 13.8. The minimum absolute atomic E-state index is 0.0836. The van der Waals surface area contributed by atoms with E-state index in [-0.39, 0.29) is 22.4 Å². The minimum atomic E-state index is -0.885. The van der Waals surface area contributed by atoms with E-state index in [1.807, 2.05) is 26.8 Å². The Morgan fingerprint density at radius 3 is 2.03 bits per heavy atom. The van der Waals surface area contributed by atoms with E-state index >= 15 is 0 Å². The summed E-state index contributed by atoms with van der Waals surface area (Å²) >= 11 is 0. The number of carbonyl (C=O) groups excluding carboxylic acids is 3. The molecule has 0 atom stereocenters. The average molecular weight is 390 g/mol. The van der Waals surface area contributed by atoms with E-state index in [4.69, 9.17) is 9.36 Å². The Kier molecular flexibility index (Phi) is 4.30. The highest BCUT2D eigenvalue weighted by Gasteiger charge is 2.41. The molecule has 2 aromatic carbocycles. The quantitative estimate of drug-likeness (QED) is 0.628. The molecule has 0 spiro atoms. The number of benzene rings is 2. The zero-order chi connectivity index (χ0) is 20.8. The molecule has 1 aromatic heterocycles. The van der Waals surface area contributed by atoms with Gasteiger partial charge < -0.3 is 9.36 Å². The van der Waals surface area contributed by atoms with Crippen molar-refractivity contribution in [2.75, 3.05) is 0 Å². The summed E-state index contributed by atoms with van der Waals surface area (Å²) in [7, 11) is 0. The van der Waals surface area contributed by atoms with E-state index in [9.17, 15) is 14.4 Å². The lowest BCUT2D eigenvalue weighted by Crippen LogP contribution is -2.33. The van der Waals surface area contributed by atoms with Gasteiger partial charge >= 0.3 is 5.97 Å². The van der Waals surface area contributed by atoms with Gasteiger partial charge in [-0.1, -0.05) is 73.5 Å². The number of hydrogen-bond donors (Lipinski definition) is 0. The highest BCUT2D eigenvalue weighted by atomic mass is 16.7. The van der Waals surface area contributed by atoms with Crippen molar-refractivity contribution in [3.05, 3.63) is 77.0 Å². The molecule has 1 aliphatic heterocycles. The predicted molar refractivity (Wildman–Crippen MR) is 103 cm³/mol. The summed E-state index contributed by atoms with van der Waals surface area (Å²) in [6, 6.07) is 15.3. The van der Waals surface area contributed by atoms with E-state index in [1.54, 1.807) is 36.4 Å². The van der Waals surface area contributed by atoms with Gasteiger partial charge in [-0.2, -0.15) is 0 Å². The van der Waals surface area contributed by atoms with Gasteiger partial charge in [0.25, 0.3) is 11.8 Å². The molecule has 1 aliphatic rings. The lowest BCUT2D eigenvalue weighted by molar-refractivity contribution is -0.0586. The largest absolute Gasteiger partial charge is 0.369 e. The van der Waals surface area contributed by atoms with Crippen LogP contribution in [0, 0.1) is 0 Å². The third-order valence-electron chi connectivity index (χ3n) is 4.56. The van der Waals surface area contributed by atoms with E-state index in [0.29, 0.717) is 16.4 Å². The standard InChI is InChI=1S/C22H18N2O5/c1-22(2,3)18-16(17(23-28-18)13-9-5-4-6-10-13)21(27)29-24-19(25)14-11-7-8-12-15(14)20(24)26/h4-12H,1-3H3. The van der Waals surface area contributed by atoms with Gasteiger partial charge in [-0.05, 0) is 12.1 Å². The van der Waals surface area contributed by atoms with Crippen LogP contribution in [0.25, 0.3) is 11.3 Å². The number of imide groups is 1. The second-order valence-electron chi connectivity index (χ2n) is 7.68. The Bertz CT molecular complexity index is 1090. The lowest BCUT2D eigenvalue weighted by Gasteiger charge is -2.17. The number of hydrogen-bond acceptors (Lipinski definition) is 6. The van der Waals surface area contributed by atoms with Crippen molar-refractivity contribution < 1.29 is 23.7 Å². The number of nitrogens with zero attached hydrogens (tertiary/aromatic N) is 2. The molecule has 0 fully saturated rings. The van der Waals surface area contributed by atoms with Crippen LogP contribution < -0.4 is 0 Å². The molecule has 7 nitrogen and oxygen atoms in total. The van der Waals surface area contributed by atoms with Crippen LogP contribution in [0.3, 0.4) is 0 Å². The van der Waals surface area contributed by atoms with Crippen molar-refractivity contribution in [2.24, 2.45) is 0 Å². The van der Waals surface area contributed by atoms with Crippen LogP contribution in [0.5, 0.6) is 0 Å². The van der Waals surface area contributed by atoms with Gasteiger partial charge in [0.1, 0.15) is 11.3 Å². The number of amides is 2. The highest BCUT2D eigenvalue weighted by Crippen LogP contribution is 2.34. The predicted octanol–water partition coefficient (Wildman–Crippen LogP) is 4.01. The molecule has 7 heteroatoms. The number of hydroxylamine groups is 2. The van der Waals surface area contributed by atoms with Crippen molar-refractivity contribution in [1.82, 2.24) is 10.2 Å². The third kappa shape index (κ3) is 3.10. The van der Waals surface area contributed by atoms with Crippen LogP contribution in [-0.2, 0) is 10.3 Å². The molecule has 2 heterocycles. The molecule has 0 radical (unpaired) electrons. The third-order valence-corrected chi connectivity index (χ3v) is 4.56. The molecule has 4 rings (SSSR count). The summed E-state index contributed by atoms with van der Waals surface area (Å²) in [5.74, 6) is -1.95. The SMILES string of the molecule is CC(C)(C)c1onc(-c2ccccc2)c1C(=O)ON1C(=O)c2ccccc2C1=O. The second kappa shape index (κ2) is 6.70. The summed E-state index contributed by atoms with van der Waals surface area (Å²) in [6.07, 6.45) is 0. The summed E-state index contributed by atoms with van der Waals surface area (Å²) in [5, 5.41) is 4.55. The van der Waals surface area contributed by atoms with Crippen LogP contribution in [0.2, 0.25) is 0 Å². The second-order valence-corrected chi connectivity index (χ2v) is 7.68. The number of rotatable bonds is 3. The zero-order valence-corrected chi connectivity index (χ0v) is 16.1. The number of fused-ring (bicyclic) bond motifs is 1. The van der Waals surface area contributed by atoms with Crippen LogP contribution in [0.4, 0.5) is 0 Å². The van der Waals surface area contributed by atoms with E-state index in [2.05, 4.69) is 5.16 Å². The summed E-state index contributed by atoms with van der Waals surface area (Å²) in [4.78, 5) is 43.4. The van der Waals surface area contributed by atoms with Crippen molar-refractivity contribution >= 4 is 17.8 Å². The Balaban J connectivity index is 1.74. The Hall–Kier alpha value is -3.74. The van der Waals surface area contributed by atoms with Crippen molar-refractivity contribution in [3.8, 4) is 11.3 Å². The Morgan fingerprint density at radius 1 is 0.931 bits per heavy atom. The molecule has 29 heavy (non-hydrogen) atoms. The van der Waals surface area contributed by atoms with Gasteiger partial charge in [0, 0.05) is 11.0 Å². The first-order valence-electron chi connectivity index (χ1n) is 9.04. The van der Waals surface area contributed by atoms with Crippen LogP contribution >= 0.6 is 0 Å². The zero-order valence-electron chi connectivity index (χ0n) is 16.1. The molecule has 0 N–H and O–H groups in total. The Morgan fingerprint density at radius 2 is 1.48 bits per heavy atom. The van der Waals surface area contributed by atoms with Crippen LogP contribution in [0.1, 0.15) is 57.6 Å². The topological polar surface area (TPSA) is 89.7 Å². The molecule has 0 bridgehead atoms. The fourth-order valence-electron chi connectivity index (χ4n) is 3.16. The van der Waals surface area contributed by atoms with Gasteiger partial charge in [0.05, 0.1) is 11.1 Å². The van der Waals surface area contributed by atoms with Gasteiger partial charge in [0.15, 0.2) is 5.76 Å². The molecule has 0 unspecified atom stereocenters. The van der Waals surface area contributed by atoms with Gasteiger partial charge in [-0.25, -0.2) is 4.79 Å². The smallest absolute Gasteiger partial charge is 0.359 e. The van der Waals surface area contributed by atoms with Crippen LogP contribution in [0.15, 0.2) is 59.1 Å². The van der Waals surface area contributed by atoms with Crippen molar-refractivity contribution in [2.45, 2.75) is 26.2 Å². The molecular weight excluding hydrogens is 372 g/mol. The molecule has 2 amide bonds.